The second-order valence-electron chi connectivity index (χ2n) is 6.24. The number of fused-ring (bicyclic) bond motifs is 1. The lowest BCUT2D eigenvalue weighted by molar-refractivity contribution is 1.02. The van der Waals surface area contributed by atoms with Crippen LogP contribution in [0.1, 0.15) is 27.8 Å². The summed E-state index contributed by atoms with van der Waals surface area (Å²) in [5, 5.41) is 2.62. The molecule has 3 aromatic carbocycles. The number of benzene rings is 3. The Morgan fingerprint density at radius 2 is 1.57 bits per heavy atom. The molecule has 0 heterocycles. The van der Waals surface area contributed by atoms with E-state index >= 15 is 0 Å². The summed E-state index contributed by atoms with van der Waals surface area (Å²) in [6.45, 7) is 7.27. The lowest BCUT2D eigenvalue weighted by Crippen LogP contribution is -1.95. The minimum absolute atomic E-state index is 0.767. The summed E-state index contributed by atoms with van der Waals surface area (Å²) in [6.07, 6.45) is 2.94. The summed E-state index contributed by atoms with van der Waals surface area (Å²) in [6, 6.07) is 19.5. The van der Waals surface area contributed by atoms with E-state index in [9.17, 15) is 0 Å². The first kappa shape index (κ1) is 15.5. The van der Waals surface area contributed by atoms with Crippen LogP contribution < -0.4 is 0 Å². The third-order valence-corrected chi connectivity index (χ3v) is 4.41. The number of nitrogens with zero attached hydrogens (tertiary/aromatic N) is 1. The van der Waals surface area contributed by atoms with E-state index in [4.69, 9.17) is 0 Å². The monoisotopic (exact) mass is 301 g/mol. The number of rotatable bonds is 4. The predicted molar refractivity (Wildman–Crippen MR) is 101 cm³/mol. The molecule has 0 radical (unpaired) electrons. The first-order valence-electron chi connectivity index (χ1n) is 8.17. The van der Waals surface area contributed by atoms with Crippen LogP contribution in [0, 0.1) is 20.8 Å². The molecule has 0 aromatic heterocycles. The highest BCUT2D eigenvalue weighted by atomic mass is 14.7. The second kappa shape index (κ2) is 6.78. The molecule has 3 rings (SSSR count). The fourth-order valence-electron chi connectivity index (χ4n) is 3.25. The maximum absolute atomic E-state index is 4.67. The van der Waals surface area contributed by atoms with Crippen LogP contribution in [0.3, 0.4) is 0 Å². The standard InChI is InChI=1S/C22H23N/c1-16-13-17(2)22(18(3)14-16)15-23-12-11-20-9-6-8-19-7-4-5-10-21(19)20/h4-10,12-14H,11,15H2,1-3H3. The average Bonchev–Trinajstić information content (AvgIpc) is 2.53. The van der Waals surface area contributed by atoms with Crippen molar-refractivity contribution >= 4 is 17.0 Å². The van der Waals surface area contributed by atoms with Gasteiger partial charge in [0.2, 0.25) is 0 Å². The fourth-order valence-corrected chi connectivity index (χ4v) is 3.25. The first-order valence-corrected chi connectivity index (χ1v) is 8.17. The van der Waals surface area contributed by atoms with E-state index in [0.717, 1.165) is 13.0 Å². The van der Waals surface area contributed by atoms with Crippen molar-refractivity contribution in [2.75, 3.05) is 0 Å². The van der Waals surface area contributed by atoms with Crippen LogP contribution in [0.4, 0.5) is 0 Å². The van der Waals surface area contributed by atoms with Gasteiger partial charge >= 0.3 is 0 Å². The highest BCUT2D eigenvalue weighted by molar-refractivity contribution is 5.87. The predicted octanol–water partition coefficient (Wildman–Crippen LogP) is 5.58. The van der Waals surface area contributed by atoms with E-state index in [1.54, 1.807) is 0 Å². The molecule has 116 valence electrons. The van der Waals surface area contributed by atoms with Crippen LogP contribution in [-0.2, 0) is 13.0 Å². The molecule has 0 saturated carbocycles. The van der Waals surface area contributed by atoms with Gasteiger partial charge < -0.3 is 0 Å². The minimum atomic E-state index is 0.767. The van der Waals surface area contributed by atoms with Gasteiger partial charge in [0.25, 0.3) is 0 Å². The SMILES string of the molecule is Cc1cc(C)c(CN=CCc2cccc3ccccc23)c(C)c1. The number of aryl methyl sites for hydroxylation is 3. The maximum atomic E-state index is 4.67. The van der Waals surface area contributed by atoms with E-state index < -0.39 is 0 Å². The zero-order valence-corrected chi connectivity index (χ0v) is 14.1. The van der Waals surface area contributed by atoms with Crippen LogP contribution in [0.5, 0.6) is 0 Å². The lowest BCUT2D eigenvalue weighted by Gasteiger charge is -2.09. The zero-order chi connectivity index (χ0) is 16.2. The van der Waals surface area contributed by atoms with Crippen molar-refractivity contribution in [1.29, 1.82) is 0 Å². The van der Waals surface area contributed by atoms with Gasteiger partial charge in [-0.1, -0.05) is 60.2 Å². The largest absolute Gasteiger partial charge is 0.292 e. The molecule has 0 aliphatic carbocycles. The fraction of sp³-hybridized carbons (Fsp3) is 0.227. The van der Waals surface area contributed by atoms with Gasteiger partial charge in [0.15, 0.2) is 0 Å². The molecular formula is C22H23N. The molecule has 0 N–H and O–H groups in total. The van der Waals surface area contributed by atoms with Gasteiger partial charge in [0, 0.05) is 12.6 Å². The average molecular weight is 301 g/mol. The number of aliphatic imine (C=N–C) groups is 1. The van der Waals surface area contributed by atoms with E-state index in [2.05, 4.69) is 86.6 Å². The molecular weight excluding hydrogens is 278 g/mol. The van der Waals surface area contributed by atoms with E-state index in [1.165, 1.54) is 38.6 Å². The smallest absolute Gasteiger partial charge is 0.0641 e. The van der Waals surface area contributed by atoms with E-state index in [0.29, 0.717) is 0 Å². The Morgan fingerprint density at radius 1 is 0.870 bits per heavy atom. The van der Waals surface area contributed by atoms with Crippen LogP contribution >= 0.6 is 0 Å². The molecule has 0 bridgehead atoms. The van der Waals surface area contributed by atoms with Crippen LogP contribution in [-0.4, -0.2) is 6.21 Å². The number of hydrogen-bond acceptors (Lipinski definition) is 1. The van der Waals surface area contributed by atoms with Gasteiger partial charge in [-0.15, -0.1) is 0 Å². The molecule has 0 atom stereocenters. The molecule has 3 aromatic rings. The Bertz CT molecular complexity index is 830. The molecule has 1 heteroatoms. The molecule has 0 unspecified atom stereocenters. The van der Waals surface area contributed by atoms with Crippen LogP contribution in [0.2, 0.25) is 0 Å². The number of hydrogen-bond donors (Lipinski definition) is 0. The van der Waals surface area contributed by atoms with Gasteiger partial charge in [-0.05, 0) is 53.8 Å². The molecule has 0 amide bonds. The molecule has 0 aliphatic rings. The zero-order valence-electron chi connectivity index (χ0n) is 14.1. The van der Waals surface area contributed by atoms with Crippen molar-refractivity contribution in [2.45, 2.75) is 33.7 Å². The third-order valence-electron chi connectivity index (χ3n) is 4.41. The second-order valence-corrected chi connectivity index (χ2v) is 6.24. The van der Waals surface area contributed by atoms with Crippen LogP contribution in [0.25, 0.3) is 10.8 Å². The van der Waals surface area contributed by atoms with E-state index in [1.807, 2.05) is 0 Å². The van der Waals surface area contributed by atoms with Gasteiger partial charge in [-0.2, -0.15) is 0 Å². The third kappa shape index (κ3) is 3.50. The highest BCUT2D eigenvalue weighted by Crippen LogP contribution is 2.19. The van der Waals surface area contributed by atoms with Crippen molar-refractivity contribution in [3.63, 3.8) is 0 Å². The van der Waals surface area contributed by atoms with Crippen molar-refractivity contribution in [3.8, 4) is 0 Å². The Kier molecular flexibility index (Phi) is 4.57. The van der Waals surface area contributed by atoms with Crippen molar-refractivity contribution in [2.24, 2.45) is 4.99 Å². The molecule has 0 aliphatic heterocycles. The summed E-state index contributed by atoms with van der Waals surface area (Å²) < 4.78 is 0. The molecule has 0 spiro atoms. The van der Waals surface area contributed by atoms with Gasteiger partial charge in [0.05, 0.1) is 6.54 Å². The van der Waals surface area contributed by atoms with Gasteiger partial charge in [-0.25, -0.2) is 0 Å². The molecule has 0 fully saturated rings. The maximum Gasteiger partial charge on any atom is 0.0641 e. The van der Waals surface area contributed by atoms with Crippen molar-refractivity contribution < 1.29 is 0 Å². The highest BCUT2D eigenvalue weighted by Gasteiger charge is 2.02. The Hall–Kier alpha value is -2.41. The molecule has 1 nitrogen and oxygen atoms in total. The Labute approximate surface area is 138 Å². The summed E-state index contributed by atoms with van der Waals surface area (Å²) in [5.41, 5.74) is 6.69. The quantitative estimate of drug-likeness (QED) is 0.558. The molecule has 23 heavy (non-hydrogen) atoms. The lowest BCUT2D eigenvalue weighted by atomic mass is 10.00. The van der Waals surface area contributed by atoms with Gasteiger partial charge in [-0.3, -0.25) is 4.99 Å². The summed E-state index contributed by atoms with van der Waals surface area (Å²) >= 11 is 0. The topological polar surface area (TPSA) is 12.4 Å². The Balaban J connectivity index is 1.75. The summed E-state index contributed by atoms with van der Waals surface area (Å²) in [4.78, 5) is 4.67. The first-order chi connectivity index (χ1) is 11.1. The summed E-state index contributed by atoms with van der Waals surface area (Å²) in [5.74, 6) is 0. The van der Waals surface area contributed by atoms with Crippen LogP contribution in [0.15, 0.2) is 59.6 Å². The van der Waals surface area contributed by atoms with Crippen molar-refractivity contribution in [1.82, 2.24) is 0 Å². The van der Waals surface area contributed by atoms with Gasteiger partial charge in [0.1, 0.15) is 0 Å². The minimum Gasteiger partial charge on any atom is -0.292 e. The normalized spacial score (nSPS) is 11.4. The Morgan fingerprint density at radius 3 is 2.35 bits per heavy atom. The van der Waals surface area contributed by atoms with Crippen molar-refractivity contribution in [3.05, 3.63) is 82.4 Å². The van der Waals surface area contributed by atoms with E-state index in [-0.39, 0.29) is 0 Å². The molecule has 0 saturated heterocycles. The summed E-state index contributed by atoms with van der Waals surface area (Å²) in [7, 11) is 0.